The molecule has 178 valence electrons. The van der Waals surface area contributed by atoms with Crippen LogP contribution in [0.3, 0.4) is 0 Å². The minimum Gasteiger partial charge on any atom is -0.493 e. The van der Waals surface area contributed by atoms with E-state index in [-0.39, 0.29) is 23.0 Å². The SMILES string of the molecule is COc1cc(/C=C2\C(=O)NC(=O)N(c3ccccc3C)C2=O)cc(Cl)c1OCc1ccccc1Cl. The van der Waals surface area contributed by atoms with E-state index in [0.29, 0.717) is 27.6 Å². The Morgan fingerprint density at radius 3 is 2.40 bits per heavy atom. The molecule has 9 heteroatoms. The summed E-state index contributed by atoms with van der Waals surface area (Å²) in [7, 11) is 1.45. The molecule has 35 heavy (non-hydrogen) atoms. The maximum atomic E-state index is 13.2. The third-order valence-corrected chi connectivity index (χ3v) is 6.00. The number of para-hydroxylation sites is 1. The molecule has 1 heterocycles. The van der Waals surface area contributed by atoms with Gasteiger partial charge in [-0.25, -0.2) is 9.69 Å². The summed E-state index contributed by atoms with van der Waals surface area (Å²) < 4.78 is 11.3. The predicted molar refractivity (Wildman–Crippen MR) is 134 cm³/mol. The average Bonchev–Trinajstić information content (AvgIpc) is 2.83. The highest BCUT2D eigenvalue weighted by Crippen LogP contribution is 2.38. The molecular formula is C26H20Cl2N2O5. The molecule has 0 atom stereocenters. The molecule has 1 N–H and O–H groups in total. The quantitative estimate of drug-likeness (QED) is 0.346. The number of anilines is 1. The largest absolute Gasteiger partial charge is 0.493 e. The van der Waals surface area contributed by atoms with E-state index >= 15 is 0 Å². The van der Waals surface area contributed by atoms with Gasteiger partial charge < -0.3 is 9.47 Å². The van der Waals surface area contributed by atoms with Crippen LogP contribution >= 0.6 is 23.2 Å². The van der Waals surface area contributed by atoms with Crippen molar-refractivity contribution in [2.45, 2.75) is 13.5 Å². The number of aryl methyl sites for hydroxylation is 1. The monoisotopic (exact) mass is 510 g/mol. The molecule has 7 nitrogen and oxygen atoms in total. The van der Waals surface area contributed by atoms with Crippen LogP contribution in [0.15, 0.2) is 66.2 Å². The second kappa shape index (κ2) is 10.2. The topological polar surface area (TPSA) is 84.9 Å². The van der Waals surface area contributed by atoms with Crippen LogP contribution in [0.4, 0.5) is 10.5 Å². The average molecular weight is 511 g/mol. The van der Waals surface area contributed by atoms with E-state index in [2.05, 4.69) is 5.32 Å². The van der Waals surface area contributed by atoms with Gasteiger partial charge in [0.15, 0.2) is 11.5 Å². The minimum atomic E-state index is -0.814. The Hall–Kier alpha value is -3.81. The zero-order valence-corrected chi connectivity index (χ0v) is 20.3. The number of carbonyl (C=O) groups is 3. The number of hydrogen-bond donors (Lipinski definition) is 1. The van der Waals surface area contributed by atoms with Crippen molar-refractivity contribution in [3.05, 3.63) is 93.0 Å². The number of barbiturate groups is 1. The molecule has 0 radical (unpaired) electrons. The number of benzene rings is 3. The Balaban J connectivity index is 1.66. The van der Waals surface area contributed by atoms with Crippen molar-refractivity contribution < 1.29 is 23.9 Å². The van der Waals surface area contributed by atoms with Crippen LogP contribution in [-0.2, 0) is 16.2 Å². The van der Waals surface area contributed by atoms with Crippen molar-refractivity contribution in [1.82, 2.24) is 5.32 Å². The summed E-state index contributed by atoms with van der Waals surface area (Å²) in [6.45, 7) is 1.92. The molecular weight excluding hydrogens is 491 g/mol. The van der Waals surface area contributed by atoms with Gasteiger partial charge in [-0.3, -0.25) is 14.9 Å². The zero-order valence-electron chi connectivity index (χ0n) is 18.8. The summed E-state index contributed by atoms with van der Waals surface area (Å²) >= 11 is 12.7. The number of nitrogens with zero attached hydrogens (tertiary/aromatic N) is 1. The van der Waals surface area contributed by atoms with E-state index in [9.17, 15) is 14.4 Å². The summed E-state index contributed by atoms with van der Waals surface area (Å²) in [5.41, 5.74) is 2.04. The summed E-state index contributed by atoms with van der Waals surface area (Å²) in [6, 6.07) is 16.4. The number of nitrogens with one attached hydrogen (secondary N) is 1. The van der Waals surface area contributed by atoms with Crippen LogP contribution in [0.2, 0.25) is 10.0 Å². The van der Waals surface area contributed by atoms with Gasteiger partial charge in [-0.1, -0.05) is 59.6 Å². The van der Waals surface area contributed by atoms with Gasteiger partial charge in [-0.15, -0.1) is 0 Å². The van der Waals surface area contributed by atoms with Crippen molar-refractivity contribution in [3.8, 4) is 11.5 Å². The standard InChI is InChI=1S/C26H20Cl2N2O5/c1-15-7-3-6-10-21(15)30-25(32)18(24(31)29-26(30)33)11-16-12-20(28)23(22(13-16)34-2)35-14-17-8-4-5-9-19(17)27/h3-13H,14H2,1-2H3,(H,29,31,33)/b18-11+. The van der Waals surface area contributed by atoms with E-state index in [1.54, 1.807) is 43.3 Å². The van der Waals surface area contributed by atoms with E-state index < -0.39 is 17.8 Å². The van der Waals surface area contributed by atoms with Crippen LogP contribution in [-0.4, -0.2) is 25.0 Å². The van der Waals surface area contributed by atoms with Gasteiger partial charge in [-0.05, 0) is 48.4 Å². The van der Waals surface area contributed by atoms with E-state index in [0.717, 1.165) is 10.5 Å². The van der Waals surface area contributed by atoms with Crippen molar-refractivity contribution in [3.63, 3.8) is 0 Å². The first-order valence-corrected chi connectivity index (χ1v) is 11.3. The molecule has 4 amide bonds. The van der Waals surface area contributed by atoms with E-state index in [1.165, 1.54) is 19.3 Å². The predicted octanol–water partition coefficient (Wildman–Crippen LogP) is 5.56. The molecule has 1 aliphatic heterocycles. The second-order valence-corrected chi connectivity index (χ2v) is 8.47. The zero-order chi connectivity index (χ0) is 25.1. The second-order valence-electron chi connectivity index (χ2n) is 7.66. The van der Waals surface area contributed by atoms with Gasteiger partial charge >= 0.3 is 6.03 Å². The first kappa shape index (κ1) is 24.3. The first-order valence-electron chi connectivity index (χ1n) is 10.5. The fraction of sp³-hybridized carbons (Fsp3) is 0.115. The maximum Gasteiger partial charge on any atom is 0.335 e. The van der Waals surface area contributed by atoms with Crippen LogP contribution in [0.5, 0.6) is 11.5 Å². The molecule has 0 saturated carbocycles. The Morgan fingerprint density at radius 1 is 0.971 bits per heavy atom. The summed E-state index contributed by atoms with van der Waals surface area (Å²) in [4.78, 5) is 39.1. The molecule has 1 aliphatic rings. The summed E-state index contributed by atoms with van der Waals surface area (Å²) in [5, 5.41) is 2.97. The number of amides is 4. The lowest BCUT2D eigenvalue weighted by Crippen LogP contribution is -2.54. The molecule has 1 fully saturated rings. The molecule has 0 bridgehead atoms. The van der Waals surface area contributed by atoms with Gasteiger partial charge in [0.2, 0.25) is 0 Å². The number of methoxy groups -OCH3 is 1. The van der Waals surface area contributed by atoms with Crippen LogP contribution in [0, 0.1) is 6.92 Å². The van der Waals surface area contributed by atoms with Crippen molar-refractivity contribution in [2.75, 3.05) is 12.0 Å². The fourth-order valence-corrected chi connectivity index (χ4v) is 4.05. The Bertz CT molecular complexity index is 1370. The Morgan fingerprint density at radius 2 is 1.69 bits per heavy atom. The number of carbonyl (C=O) groups excluding carboxylic acids is 3. The molecule has 0 unspecified atom stereocenters. The van der Waals surface area contributed by atoms with Crippen LogP contribution in [0.1, 0.15) is 16.7 Å². The fourth-order valence-electron chi connectivity index (χ4n) is 3.59. The van der Waals surface area contributed by atoms with Crippen LogP contribution in [0.25, 0.3) is 6.08 Å². The minimum absolute atomic E-state index is 0.157. The van der Waals surface area contributed by atoms with Crippen molar-refractivity contribution >= 4 is 52.8 Å². The lowest BCUT2D eigenvalue weighted by atomic mass is 10.1. The number of ether oxygens (including phenoxy) is 2. The number of halogens is 2. The van der Waals surface area contributed by atoms with Gasteiger partial charge in [0.25, 0.3) is 11.8 Å². The Labute approximate surface area is 211 Å². The van der Waals surface area contributed by atoms with Crippen molar-refractivity contribution in [2.24, 2.45) is 0 Å². The van der Waals surface area contributed by atoms with Gasteiger partial charge in [0.1, 0.15) is 12.2 Å². The first-order chi connectivity index (χ1) is 16.8. The third-order valence-electron chi connectivity index (χ3n) is 5.35. The number of rotatable bonds is 6. The summed E-state index contributed by atoms with van der Waals surface area (Å²) in [5.74, 6) is -0.972. The molecule has 0 aliphatic carbocycles. The molecule has 0 aromatic heterocycles. The number of hydrogen-bond acceptors (Lipinski definition) is 5. The Kier molecular flexibility index (Phi) is 7.10. The summed E-state index contributed by atoms with van der Waals surface area (Å²) in [6.07, 6.45) is 1.35. The van der Waals surface area contributed by atoms with E-state index in [4.69, 9.17) is 32.7 Å². The molecule has 3 aromatic rings. The smallest absolute Gasteiger partial charge is 0.335 e. The van der Waals surface area contributed by atoms with E-state index in [1.807, 2.05) is 18.2 Å². The van der Waals surface area contributed by atoms with Gasteiger partial charge in [-0.2, -0.15) is 0 Å². The normalized spacial score (nSPS) is 14.8. The molecule has 1 saturated heterocycles. The number of imide groups is 2. The molecule has 0 spiro atoms. The number of urea groups is 1. The van der Waals surface area contributed by atoms with Gasteiger partial charge in [0, 0.05) is 10.6 Å². The lowest BCUT2D eigenvalue weighted by molar-refractivity contribution is -0.122. The van der Waals surface area contributed by atoms with Gasteiger partial charge in [0.05, 0.1) is 17.8 Å². The van der Waals surface area contributed by atoms with Crippen molar-refractivity contribution in [1.29, 1.82) is 0 Å². The highest BCUT2D eigenvalue weighted by atomic mass is 35.5. The lowest BCUT2D eigenvalue weighted by Gasteiger charge is -2.27. The molecule has 4 rings (SSSR count). The molecule has 3 aromatic carbocycles. The van der Waals surface area contributed by atoms with Crippen LogP contribution < -0.4 is 19.7 Å². The highest BCUT2D eigenvalue weighted by molar-refractivity contribution is 6.39. The maximum absolute atomic E-state index is 13.2. The highest BCUT2D eigenvalue weighted by Gasteiger charge is 2.37. The third kappa shape index (κ3) is 5.01.